The second kappa shape index (κ2) is 15.5. The summed E-state index contributed by atoms with van der Waals surface area (Å²) in [5.41, 5.74) is 4.52. The predicted octanol–water partition coefficient (Wildman–Crippen LogP) is 4.37. The van der Waals surface area contributed by atoms with E-state index >= 15 is 0 Å². The molecular formula is C36H46N4O5. The molecule has 2 aliphatic heterocycles. The van der Waals surface area contributed by atoms with Gasteiger partial charge in [-0.1, -0.05) is 61.5 Å². The van der Waals surface area contributed by atoms with E-state index in [-0.39, 0.29) is 36.5 Å². The van der Waals surface area contributed by atoms with Crippen molar-refractivity contribution in [1.29, 1.82) is 0 Å². The van der Waals surface area contributed by atoms with Gasteiger partial charge in [0.1, 0.15) is 11.9 Å². The van der Waals surface area contributed by atoms with Gasteiger partial charge in [0, 0.05) is 57.3 Å². The number of nitrogens with zero attached hydrogens (tertiary/aromatic N) is 3. The zero-order chi connectivity index (χ0) is 31.8. The topological polar surface area (TPSA) is 94.6 Å². The molecule has 9 heteroatoms. The molecule has 5 rings (SSSR count). The third-order valence-corrected chi connectivity index (χ3v) is 8.71. The summed E-state index contributed by atoms with van der Waals surface area (Å²) in [7, 11) is 2.08. The number of hydrogen-bond acceptors (Lipinski definition) is 7. The van der Waals surface area contributed by atoms with Gasteiger partial charge >= 0.3 is 0 Å². The van der Waals surface area contributed by atoms with Crippen molar-refractivity contribution < 1.29 is 24.2 Å². The highest BCUT2D eigenvalue weighted by molar-refractivity contribution is 6.00. The van der Waals surface area contributed by atoms with Gasteiger partial charge in [-0.15, -0.1) is 0 Å². The average Bonchev–Trinajstić information content (AvgIpc) is 3.06. The molecule has 2 N–H and O–H groups in total. The third-order valence-electron chi connectivity index (χ3n) is 8.71. The molecule has 3 aromatic carbocycles. The van der Waals surface area contributed by atoms with Crippen molar-refractivity contribution in [2.24, 2.45) is 5.92 Å². The molecule has 9 nitrogen and oxygen atoms in total. The maximum Gasteiger partial charge on any atom is 0.258 e. The monoisotopic (exact) mass is 614 g/mol. The number of amides is 2. The number of nitrogens with one attached hydrogen (secondary N) is 1. The molecule has 0 radical (unpaired) electrons. The van der Waals surface area contributed by atoms with Crippen molar-refractivity contribution in [3.63, 3.8) is 0 Å². The molecule has 0 aromatic heterocycles. The van der Waals surface area contributed by atoms with Crippen LogP contribution in [0.2, 0.25) is 0 Å². The Morgan fingerprint density at radius 2 is 1.76 bits per heavy atom. The van der Waals surface area contributed by atoms with Gasteiger partial charge in [-0.2, -0.15) is 0 Å². The molecule has 0 aliphatic carbocycles. The maximum absolute atomic E-state index is 13.8. The molecule has 1 saturated heterocycles. The molecule has 0 spiro atoms. The second-order valence-corrected chi connectivity index (χ2v) is 12.3. The lowest BCUT2D eigenvalue weighted by molar-refractivity contribution is -0.116. The summed E-state index contributed by atoms with van der Waals surface area (Å²) in [5, 5.41) is 13.0. The zero-order valence-corrected chi connectivity index (χ0v) is 26.7. The van der Waals surface area contributed by atoms with Crippen LogP contribution < -0.4 is 10.1 Å². The van der Waals surface area contributed by atoms with E-state index in [4.69, 9.17) is 9.47 Å². The van der Waals surface area contributed by atoms with Gasteiger partial charge in [0.25, 0.3) is 5.91 Å². The summed E-state index contributed by atoms with van der Waals surface area (Å²) < 4.78 is 12.0. The number of hydrogen-bond donors (Lipinski definition) is 2. The molecule has 1 fully saturated rings. The van der Waals surface area contributed by atoms with E-state index in [0.717, 1.165) is 19.6 Å². The van der Waals surface area contributed by atoms with Crippen LogP contribution in [0.4, 0.5) is 5.69 Å². The van der Waals surface area contributed by atoms with E-state index in [1.54, 1.807) is 23.1 Å². The number of aliphatic hydroxyl groups excluding tert-OH is 1. The Kier molecular flexibility index (Phi) is 11.2. The molecule has 45 heavy (non-hydrogen) atoms. The number of morpholine rings is 1. The van der Waals surface area contributed by atoms with Gasteiger partial charge in [0.15, 0.2) is 0 Å². The van der Waals surface area contributed by atoms with E-state index in [1.807, 2.05) is 25.1 Å². The molecule has 3 atom stereocenters. The Morgan fingerprint density at radius 1 is 1.04 bits per heavy atom. The van der Waals surface area contributed by atoms with E-state index < -0.39 is 0 Å². The number of benzene rings is 3. The first-order valence-corrected chi connectivity index (χ1v) is 16.0. The van der Waals surface area contributed by atoms with Crippen molar-refractivity contribution in [2.75, 3.05) is 64.9 Å². The van der Waals surface area contributed by atoms with Crippen LogP contribution in [0.15, 0.2) is 72.8 Å². The highest BCUT2D eigenvalue weighted by atomic mass is 16.5. The van der Waals surface area contributed by atoms with Crippen molar-refractivity contribution in [2.45, 2.75) is 39.0 Å². The fraction of sp³-hybridized carbons (Fsp3) is 0.444. The third kappa shape index (κ3) is 8.70. The van der Waals surface area contributed by atoms with Crippen LogP contribution in [0.5, 0.6) is 5.75 Å². The highest BCUT2D eigenvalue weighted by Crippen LogP contribution is 2.31. The quantitative estimate of drug-likeness (QED) is 0.331. The first-order chi connectivity index (χ1) is 21.8. The number of rotatable bonds is 11. The van der Waals surface area contributed by atoms with Crippen LogP contribution in [0, 0.1) is 5.92 Å². The molecular weight excluding hydrogens is 568 g/mol. The Labute approximate surface area is 266 Å². The minimum atomic E-state index is -0.362. The van der Waals surface area contributed by atoms with E-state index in [1.165, 1.54) is 16.7 Å². The summed E-state index contributed by atoms with van der Waals surface area (Å²) >= 11 is 0. The Balaban J connectivity index is 1.28. The van der Waals surface area contributed by atoms with Crippen LogP contribution in [-0.2, 0) is 16.1 Å². The number of fused-ring (bicyclic) bond motifs is 1. The van der Waals surface area contributed by atoms with Crippen LogP contribution in [-0.4, -0.2) is 103 Å². The molecule has 0 unspecified atom stereocenters. The molecule has 3 aromatic rings. The van der Waals surface area contributed by atoms with Crippen molar-refractivity contribution >= 4 is 17.5 Å². The standard InChI is InChI=1S/C36H46N4O5/c1-26-22-40(27(2)25-41)36(43)32-21-31(37-35(42)15-16-39-17-19-44-20-18-39)13-14-33(32)45-34(26)24-38(3)23-28-9-11-30(12-10-28)29-7-5-4-6-8-29/h4-14,21,26-27,34,41H,15-20,22-25H2,1-3H3,(H,37,42)/t26-,27-,34+/m1/s1. The normalized spacial score (nSPS) is 19.8. The Morgan fingerprint density at radius 3 is 2.47 bits per heavy atom. The lowest BCUT2D eigenvalue weighted by Gasteiger charge is -2.38. The van der Waals surface area contributed by atoms with Gasteiger partial charge in [0.05, 0.1) is 31.4 Å². The SMILES string of the molecule is C[C@@H]1CN([C@H](C)CO)C(=O)c2cc(NC(=O)CCN3CCOCC3)ccc2O[C@H]1CN(C)Cc1ccc(-c2ccccc2)cc1. The predicted molar refractivity (Wildman–Crippen MR) is 176 cm³/mol. The summed E-state index contributed by atoms with van der Waals surface area (Å²) in [6.45, 7) is 9.33. The molecule has 0 saturated carbocycles. The number of anilines is 1. The van der Waals surface area contributed by atoms with Gasteiger partial charge < -0.3 is 24.8 Å². The lowest BCUT2D eigenvalue weighted by atomic mass is 9.99. The summed E-state index contributed by atoms with van der Waals surface area (Å²) in [6, 6.07) is 23.9. The van der Waals surface area contributed by atoms with Crippen molar-refractivity contribution in [3.05, 3.63) is 83.9 Å². The molecule has 240 valence electrons. The minimum absolute atomic E-state index is 0.0126. The lowest BCUT2D eigenvalue weighted by Crippen LogP contribution is -2.49. The van der Waals surface area contributed by atoms with Crippen molar-refractivity contribution in [3.8, 4) is 16.9 Å². The largest absolute Gasteiger partial charge is 0.488 e. The molecule has 0 bridgehead atoms. The number of ether oxygens (including phenoxy) is 2. The van der Waals surface area contributed by atoms with Crippen LogP contribution in [0.25, 0.3) is 11.1 Å². The van der Waals surface area contributed by atoms with E-state index in [0.29, 0.717) is 56.3 Å². The maximum atomic E-state index is 13.8. The summed E-state index contributed by atoms with van der Waals surface area (Å²) in [5.74, 6) is 0.177. The van der Waals surface area contributed by atoms with Gasteiger partial charge in [-0.05, 0) is 48.9 Å². The average molecular weight is 615 g/mol. The number of likely N-dealkylation sites (N-methyl/N-ethyl adjacent to an activating group) is 1. The number of carbonyl (C=O) groups excluding carboxylic acids is 2. The van der Waals surface area contributed by atoms with E-state index in [9.17, 15) is 14.7 Å². The van der Waals surface area contributed by atoms with Crippen LogP contribution >= 0.6 is 0 Å². The first kappa shape index (κ1) is 32.6. The fourth-order valence-electron chi connectivity index (χ4n) is 5.94. The molecule has 2 amide bonds. The number of carbonyl (C=O) groups is 2. The van der Waals surface area contributed by atoms with Gasteiger partial charge in [0.2, 0.25) is 5.91 Å². The van der Waals surface area contributed by atoms with E-state index in [2.05, 4.69) is 65.5 Å². The summed E-state index contributed by atoms with van der Waals surface area (Å²) in [4.78, 5) is 32.8. The first-order valence-electron chi connectivity index (χ1n) is 16.0. The van der Waals surface area contributed by atoms with Gasteiger partial charge in [-0.25, -0.2) is 0 Å². The number of aliphatic hydroxyl groups is 1. The molecule has 2 heterocycles. The summed E-state index contributed by atoms with van der Waals surface area (Å²) in [6.07, 6.45) is 0.156. The molecule has 2 aliphatic rings. The second-order valence-electron chi connectivity index (χ2n) is 12.3. The zero-order valence-electron chi connectivity index (χ0n) is 26.7. The minimum Gasteiger partial charge on any atom is -0.488 e. The van der Waals surface area contributed by atoms with Crippen molar-refractivity contribution in [1.82, 2.24) is 14.7 Å². The van der Waals surface area contributed by atoms with Crippen LogP contribution in [0.3, 0.4) is 0 Å². The Bertz CT molecular complexity index is 1410. The van der Waals surface area contributed by atoms with Crippen LogP contribution in [0.1, 0.15) is 36.2 Å². The fourth-order valence-corrected chi connectivity index (χ4v) is 5.94. The highest BCUT2D eigenvalue weighted by Gasteiger charge is 2.33. The Hall–Kier alpha value is -3.76. The smallest absolute Gasteiger partial charge is 0.258 e. The van der Waals surface area contributed by atoms with Gasteiger partial charge in [-0.3, -0.25) is 19.4 Å².